The Labute approximate surface area is 168 Å². The summed E-state index contributed by atoms with van der Waals surface area (Å²) in [6.07, 6.45) is 0.838. The molecule has 152 valence electrons. The molecule has 2 aromatic carbocycles. The van der Waals surface area contributed by atoms with E-state index in [1.165, 1.54) is 0 Å². The molecule has 1 aliphatic rings. The number of aromatic amines is 1. The van der Waals surface area contributed by atoms with E-state index in [4.69, 9.17) is 15.2 Å². The second-order valence-electron chi connectivity index (χ2n) is 7.53. The molecule has 1 atom stereocenters. The Hall–Kier alpha value is -3.19. The van der Waals surface area contributed by atoms with Gasteiger partial charge in [0.25, 0.3) is 0 Å². The third-order valence-electron chi connectivity index (χ3n) is 5.01. The first-order valence-corrected chi connectivity index (χ1v) is 9.71. The van der Waals surface area contributed by atoms with Crippen LogP contribution in [0.4, 0.5) is 5.69 Å². The predicted molar refractivity (Wildman–Crippen MR) is 111 cm³/mol. The highest BCUT2D eigenvalue weighted by Crippen LogP contribution is 2.33. The maximum atomic E-state index is 11.5. The van der Waals surface area contributed by atoms with Crippen LogP contribution in [0.3, 0.4) is 0 Å². The van der Waals surface area contributed by atoms with E-state index in [2.05, 4.69) is 10.3 Å². The van der Waals surface area contributed by atoms with Crippen molar-refractivity contribution >= 4 is 22.6 Å². The minimum atomic E-state index is -0.878. The van der Waals surface area contributed by atoms with E-state index in [0.717, 1.165) is 39.9 Å². The van der Waals surface area contributed by atoms with Gasteiger partial charge in [-0.15, -0.1) is 0 Å². The number of hydrogen-bond acceptors (Lipinski definition) is 5. The monoisotopic (exact) mass is 395 g/mol. The van der Waals surface area contributed by atoms with Crippen LogP contribution in [0.1, 0.15) is 36.7 Å². The van der Waals surface area contributed by atoms with Crippen molar-refractivity contribution in [2.45, 2.75) is 39.0 Å². The summed E-state index contributed by atoms with van der Waals surface area (Å²) in [7, 11) is 0. The number of carboxylic acids is 1. The van der Waals surface area contributed by atoms with Crippen LogP contribution in [0.25, 0.3) is 10.9 Å². The standard InChI is InChI=1S/C22H25N3O4/c1-12(2)29-19-6-3-13(9-17(19)23)11-28-14-4-5-18-16(10-14)15-7-8-24-21(22(26)27)20(15)25-18/h3-6,9-10,12,21,24-25H,7-8,11,23H2,1-2H3,(H,26,27). The number of benzene rings is 2. The molecular formula is C22H25N3O4. The summed E-state index contributed by atoms with van der Waals surface area (Å²) in [5.41, 5.74) is 10.3. The lowest BCUT2D eigenvalue weighted by molar-refractivity contribution is -0.139. The quantitative estimate of drug-likeness (QED) is 0.476. The maximum absolute atomic E-state index is 11.5. The van der Waals surface area contributed by atoms with Crippen LogP contribution in [0.5, 0.6) is 11.5 Å². The van der Waals surface area contributed by atoms with E-state index in [0.29, 0.717) is 24.6 Å². The van der Waals surface area contributed by atoms with Crippen LogP contribution in [0, 0.1) is 0 Å². The number of carboxylic acid groups (broad SMARTS) is 1. The summed E-state index contributed by atoms with van der Waals surface area (Å²) in [5, 5.41) is 13.5. The highest BCUT2D eigenvalue weighted by atomic mass is 16.5. The van der Waals surface area contributed by atoms with Crippen molar-refractivity contribution in [2.75, 3.05) is 12.3 Å². The molecule has 29 heavy (non-hydrogen) atoms. The minimum absolute atomic E-state index is 0.0642. The van der Waals surface area contributed by atoms with Gasteiger partial charge < -0.3 is 25.3 Å². The Balaban J connectivity index is 1.53. The average molecular weight is 395 g/mol. The number of fused-ring (bicyclic) bond motifs is 3. The first-order chi connectivity index (χ1) is 13.9. The molecule has 0 fully saturated rings. The van der Waals surface area contributed by atoms with Crippen molar-refractivity contribution in [3.8, 4) is 11.5 Å². The fourth-order valence-electron chi connectivity index (χ4n) is 3.72. The normalized spacial score (nSPS) is 16.0. The van der Waals surface area contributed by atoms with E-state index < -0.39 is 12.0 Å². The van der Waals surface area contributed by atoms with Gasteiger partial charge in [-0.25, -0.2) is 0 Å². The molecule has 0 spiro atoms. The molecule has 0 saturated heterocycles. The van der Waals surface area contributed by atoms with Gasteiger partial charge in [-0.3, -0.25) is 10.1 Å². The molecule has 0 aliphatic carbocycles. The fourth-order valence-corrected chi connectivity index (χ4v) is 3.72. The fraction of sp³-hybridized carbons (Fsp3) is 0.318. The Kier molecular flexibility index (Phi) is 5.07. The Bertz CT molecular complexity index is 1060. The zero-order valence-electron chi connectivity index (χ0n) is 16.5. The number of aromatic nitrogens is 1. The van der Waals surface area contributed by atoms with Gasteiger partial charge in [0.15, 0.2) is 0 Å². The first kappa shape index (κ1) is 19.1. The van der Waals surface area contributed by atoms with Crippen molar-refractivity contribution in [3.63, 3.8) is 0 Å². The van der Waals surface area contributed by atoms with Gasteiger partial charge in [0.05, 0.1) is 11.8 Å². The van der Waals surface area contributed by atoms with Crippen molar-refractivity contribution in [2.24, 2.45) is 0 Å². The Morgan fingerprint density at radius 1 is 1.28 bits per heavy atom. The molecule has 0 bridgehead atoms. The number of carbonyl (C=O) groups is 1. The Morgan fingerprint density at radius 2 is 2.10 bits per heavy atom. The van der Waals surface area contributed by atoms with Crippen LogP contribution >= 0.6 is 0 Å². The third kappa shape index (κ3) is 3.86. The van der Waals surface area contributed by atoms with Crippen LogP contribution in [-0.4, -0.2) is 28.7 Å². The van der Waals surface area contributed by atoms with Gasteiger partial charge in [-0.2, -0.15) is 0 Å². The molecule has 1 unspecified atom stereocenters. The summed E-state index contributed by atoms with van der Waals surface area (Å²) in [4.78, 5) is 14.8. The molecule has 0 radical (unpaired) electrons. The van der Waals surface area contributed by atoms with Crippen LogP contribution in [0.15, 0.2) is 36.4 Å². The predicted octanol–water partition coefficient (Wildman–Crippen LogP) is 3.39. The van der Waals surface area contributed by atoms with Crippen molar-refractivity contribution in [1.29, 1.82) is 0 Å². The van der Waals surface area contributed by atoms with Gasteiger partial charge in [-0.1, -0.05) is 6.07 Å². The topological polar surface area (TPSA) is 110 Å². The number of hydrogen-bond donors (Lipinski definition) is 4. The summed E-state index contributed by atoms with van der Waals surface area (Å²) >= 11 is 0. The van der Waals surface area contributed by atoms with Crippen LogP contribution in [0.2, 0.25) is 0 Å². The number of ether oxygens (including phenoxy) is 2. The van der Waals surface area contributed by atoms with E-state index >= 15 is 0 Å². The first-order valence-electron chi connectivity index (χ1n) is 9.71. The lowest BCUT2D eigenvalue weighted by Crippen LogP contribution is -2.34. The highest BCUT2D eigenvalue weighted by molar-refractivity contribution is 5.89. The molecule has 0 saturated carbocycles. The van der Waals surface area contributed by atoms with E-state index in [9.17, 15) is 9.90 Å². The molecule has 7 heteroatoms. The van der Waals surface area contributed by atoms with Crippen LogP contribution in [-0.2, 0) is 17.8 Å². The van der Waals surface area contributed by atoms with E-state index in [1.807, 2.05) is 50.2 Å². The van der Waals surface area contributed by atoms with Gasteiger partial charge in [0.1, 0.15) is 24.1 Å². The number of anilines is 1. The van der Waals surface area contributed by atoms with Gasteiger partial charge in [0.2, 0.25) is 0 Å². The summed E-state index contributed by atoms with van der Waals surface area (Å²) in [6.45, 7) is 4.93. The molecule has 3 aromatic rings. The number of H-pyrrole nitrogens is 1. The molecular weight excluding hydrogens is 370 g/mol. The van der Waals surface area contributed by atoms with Crippen molar-refractivity contribution in [1.82, 2.24) is 10.3 Å². The van der Waals surface area contributed by atoms with Crippen LogP contribution < -0.4 is 20.5 Å². The zero-order chi connectivity index (χ0) is 20.5. The molecule has 7 nitrogen and oxygen atoms in total. The van der Waals surface area contributed by atoms with Gasteiger partial charge >= 0.3 is 5.97 Å². The lowest BCUT2D eigenvalue weighted by Gasteiger charge is -2.20. The number of nitrogens with one attached hydrogen (secondary N) is 2. The van der Waals surface area contributed by atoms with E-state index in [1.54, 1.807) is 0 Å². The molecule has 0 amide bonds. The SMILES string of the molecule is CC(C)Oc1ccc(COc2ccc3[nH]c4c(c3c2)CCNC4C(=O)O)cc1N. The molecule has 1 aliphatic heterocycles. The maximum Gasteiger partial charge on any atom is 0.326 e. The molecule has 5 N–H and O–H groups in total. The molecule has 2 heterocycles. The summed E-state index contributed by atoms with van der Waals surface area (Å²) in [5.74, 6) is 0.521. The smallest absolute Gasteiger partial charge is 0.326 e. The lowest BCUT2D eigenvalue weighted by atomic mass is 9.99. The van der Waals surface area contributed by atoms with Crippen molar-refractivity contribution in [3.05, 3.63) is 53.2 Å². The summed E-state index contributed by atoms with van der Waals surface area (Å²) in [6, 6.07) is 10.7. The highest BCUT2D eigenvalue weighted by Gasteiger charge is 2.29. The molecule has 1 aromatic heterocycles. The van der Waals surface area contributed by atoms with E-state index in [-0.39, 0.29) is 6.10 Å². The van der Waals surface area contributed by atoms with Gasteiger partial charge in [0, 0.05) is 23.1 Å². The number of aliphatic carboxylic acids is 1. The number of rotatable bonds is 6. The Morgan fingerprint density at radius 3 is 2.83 bits per heavy atom. The molecule has 4 rings (SSSR count). The number of nitrogens with two attached hydrogens (primary N) is 1. The third-order valence-corrected chi connectivity index (χ3v) is 5.01. The summed E-state index contributed by atoms with van der Waals surface area (Å²) < 4.78 is 11.6. The number of nitrogen functional groups attached to an aromatic ring is 1. The van der Waals surface area contributed by atoms with Crippen molar-refractivity contribution < 1.29 is 19.4 Å². The van der Waals surface area contributed by atoms with Gasteiger partial charge in [-0.05, 0) is 61.7 Å². The average Bonchev–Trinajstić information content (AvgIpc) is 3.05. The minimum Gasteiger partial charge on any atom is -0.489 e. The zero-order valence-corrected chi connectivity index (χ0v) is 16.5. The second kappa shape index (κ2) is 7.67. The second-order valence-corrected chi connectivity index (χ2v) is 7.53. The largest absolute Gasteiger partial charge is 0.489 e.